The number of methoxy groups -OCH3 is 1. The van der Waals surface area contributed by atoms with E-state index in [1.807, 2.05) is 0 Å². The number of aliphatic hydroxyl groups is 1. The van der Waals surface area contributed by atoms with Crippen LogP contribution in [0.1, 0.15) is 6.42 Å². The zero-order chi connectivity index (χ0) is 14.4. The van der Waals surface area contributed by atoms with E-state index in [1.165, 1.54) is 6.20 Å². The molecule has 0 radical (unpaired) electrons. The maximum Gasteiger partial charge on any atom is 0.241 e. The van der Waals surface area contributed by atoms with Gasteiger partial charge in [0.05, 0.1) is 30.6 Å². The number of carbonyl (C=O) groups is 1. The first-order valence-corrected chi connectivity index (χ1v) is 6.49. The number of hydrogen-bond acceptors (Lipinski definition) is 6. The predicted octanol–water partition coefficient (Wildman–Crippen LogP) is -0.232. The molecule has 2 atom stereocenters. The number of β-amino-alcohol motifs (C(OH)–C–C–N with tert-alkyl or cyclic N) is 1. The number of pyridine rings is 1. The van der Waals surface area contributed by atoms with E-state index in [9.17, 15) is 9.90 Å². The van der Waals surface area contributed by atoms with Crippen molar-refractivity contribution in [1.29, 1.82) is 0 Å². The van der Waals surface area contributed by atoms with Crippen molar-refractivity contribution in [3.8, 4) is 5.88 Å². The summed E-state index contributed by atoms with van der Waals surface area (Å²) in [4.78, 5) is 16.0. The summed E-state index contributed by atoms with van der Waals surface area (Å²) in [6.07, 6.45) is 1.50. The van der Waals surface area contributed by atoms with E-state index in [0.29, 0.717) is 37.7 Å². The van der Waals surface area contributed by atoms with Gasteiger partial charge in [-0.25, -0.2) is 4.98 Å². The van der Waals surface area contributed by atoms with Gasteiger partial charge < -0.3 is 25.2 Å². The van der Waals surface area contributed by atoms with Crippen LogP contribution < -0.4 is 15.4 Å². The summed E-state index contributed by atoms with van der Waals surface area (Å²) in [6.45, 7) is 1.37. The van der Waals surface area contributed by atoms with E-state index in [2.05, 4.69) is 15.6 Å². The Morgan fingerprint density at radius 3 is 3.00 bits per heavy atom. The lowest BCUT2D eigenvalue weighted by atomic mass is 10.2. The van der Waals surface area contributed by atoms with E-state index < -0.39 is 6.10 Å². The van der Waals surface area contributed by atoms with Crippen molar-refractivity contribution in [2.45, 2.75) is 18.6 Å². The first kappa shape index (κ1) is 14.7. The number of anilines is 1. The molecule has 0 bridgehead atoms. The SMILES string of the molecule is COCCOc1ccc(NC(=O)C2CC(O)CN2)cn1. The summed E-state index contributed by atoms with van der Waals surface area (Å²) in [7, 11) is 1.60. The summed E-state index contributed by atoms with van der Waals surface area (Å²) < 4.78 is 10.2. The molecule has 1 saturated heterocycles. The van der Waals surface area contributed by atoms with Crippen LogP contribution in [-0.2, 0) is 9.53 Å². The average molecular weight is 281 g/mol. The molecule has 0 aliphatic carbocycles. The van der Waals surface area contributed by atoms with Crippen molar-refractivity contribution >= 4 is 11.6 Å². The molecule has 1 fully saturated rings. The normalized spacial score (nSPS) is 21.7. The van der Waals surface area contributed by atoms with E-state index in [0.717, 1.165) is 0 Å². The smallest absolute Gasteiger partial charge is 0.241 e. The second kappa shape index (κ2) is 7.18. The minimum Gasteiger partial charge on any atom is -0.475 e. The van der Waals surface area contributed by atoms with Crippen molar-refractivity contribution in [3.63, 3.8) is 0 Å². The predicted molar refractivity (Wildman–Crippen MR) is 72.7 cm³/mol. The molecule has 1 aliphatic rings. The van der Waals surface area contributed by atoms with Gasteiger partial charge in [-0.2, -0.15) is 0 Å². The molecule has 1 aliphatic heterocycles. The molecule has 0 saturated carbocycles. The number of nitrogens with one attached hydrogen (secondary N) is 2. The molecule has 3 N–H and O–H groups in total. The third-order valence-corrected chi connectivity index (χ3v) is 2.97. The highest BCUT2D eigenvalue weighted by Crippen LogP contribution is 2.13. The Morgan fingerprint density at radius 1 is 1.55 bits per heavy atom. The second-order valence-electron chi connectivity index (χ2n) is 4.57. The van der Waals surface area contributed by atoms with Gasteiger partial charge in [0.1, 0.15) is 6.61 Å². The Kier molecular flexibility index (Phi) is 5.28. The van der Waals surface area contributed by atoms with Gasteiger partial charge in [0.15, 0.2) is 0 Å². The lowest BCUT2D eigenvalue weighted by Crippen LogP contribution is -2.35. The molecule has 20 heavy (non-hydrogen) atoms. The summed E-state index contributed by atoms with van der Waals surface area (Å²) in [6, 6.07) is 3.04. The van der Waals surface area contributed by atoms with Crippen LogP contribution in [0.25, 0.3) is 0 Å². The van der Waals surface area contributed by atoms with Crippen molar-refractivity contribution in [1.82, 2.24) is 10.3 Å². The van der Waals surface area contributed by atoms with Crippen molar-refractivity contribution in [3.05, 3.63) is 18.3 Å². The lowest BCUT2D eigenvalue weighted by Gasteiger charge is -2.11. The quantitative estimate of drug-likeness (QED) is 0.624. The molecule has 0 aromatic carbocycles. The van der Waals surface area contributed by atoms with Gasteiger partial charge in [-0.15, -0.1) is 0 Å². The molecule has 0 spiro atoms. The van der Waals surface area contributed by atoms with Gasteiger partial charge in [0.2, 0.25) is 11.8 Å². The van der Waals surface area contributed by atoms with Crippen LogP contribution >= 0.6 is 0 Å². The fraction of sp³-hybridized carbons (Fsp3) is 0.538. The summed E-state index contributed by atoms with van der Waals surface area (Å²) in [5.41, 5.74) is 0.595. The zero-order valence-electron chi connectivity index (χ0n) is 11.3. The molecule has 110 valence electrons. The minimum atomic E-state index is -0.458. The average Bonchev–Trinajstić information content (AvgIpc) is 2.88. The van der Waals surface area contributed by atoms with Crippen LogP contribution in [0.15, 0.2) is 18.3 Å². The molecule has 1 aromatic rings. The molecule has 7 heteroatoms. The van der Waals surface area contributed by atoms with Crippen LogP contribution in [0, 0.1) is 0 Å². The van der Waals surface area contributed by atoms with Gasteiger partial charge in [0.25, 0.3) is 0 Å². The Bertz CT molecular complexity index is 438. The Labute approximate surface area is 117 Å². The van der Waals surface area contributed by atoms with E-state index >= 15 is 0 Å². The molecule has 1 aromatic heterocycles. The van der Waals surface area contributed by atoms with E-state index in [-0.39, 0.29) is 11.9 Å². The fourth-order valence-electron chi connectivity index (χ4n) is 1.92. The summed E-state index contributed by atoms with van der Waals surface area (Å²) in [5, 5.41) is 15.1. The van der Waals surface area contributed by atoms with Crippen LogP contribution in [0.2, 0.25) is 0 Å². The monoisotopic (exact) mass is 281 g/mol. The Hall–Kier alpha value is -1.70. The van der Waals surface area contributed by atoms with Crippen LogP contribution in [0.4, 0.5) is 5.69 Å². The Balaban J connectivity index is 1.82. The third-order valence-electron chi connectivity index (χ3n) is 2.97. The van der Waals surface area contributed by atoms with Crippen molar-refractivity contribution in [2.24, 2.45) is 0 Å². The molecule has 1 amide bonds. The number of rotatable bonds is 6. The maximum atomic E-state index is 11.9. The number of amides is 1. The number of carbonyl (C=O) groups excluding carboxylic acids is 1. The number of aromatic nitrogens is 1. The van der Waals surface area contributed by atoms with Gasteiger partial charge in [-0.05, 0) is 12.5 Å². The fourth-order valence-corrected chi connectivity index (χ4v) is 1.92. The molecule has 2 heterocycles. The van der Waals surface area contributed by atoms with Gasteiger partial charge >= 0.3 is 0 Å². The highest BCUT2D eigenvalue weighted by atomic mass is 16.5. The third kappa shape index (κ3) is 4.16. The number of aliphatic hydroxyl groups excluding tert-OH is 1. The van der Waals surface area contributed by atoms with Crippen LogP contribution in [0.3, 0.4) is 0 Å². The van der Waals surface area contributed by atoms with Crippen molar-refractivity contribution in [2.75, 3.05) is 32.2 Å². The topological polar surface area (TPSA) is 92.7 Å². The van der Waals surface area contributed by atoms with Crippen molar-refractivity contribution < 1.29 is 19.4 Å². The van der Waals surface area contributed by atoms with Gasteiger partial charge in [-0.1, -0.05) is 0 Å². The van der Waals surface area contributed by atoms with E-state index in [1.54, 1.807) is 19.2 Å². The minimum absolute atomic E-state index is 0.170. The lowest BCUT2D eigenvalue weighted by molar-refractivity contribution is -0.117. The van der Waals surface area contributed by atoms with Gasteiger partial charge in [0, 0.05) is 19.7 Å². The summed E-state index contributed by atoms with van der Waals surface area (Å²) >= 11 is 0. The molecular formula is C13H19N3O4. The molecule has 2 unspecified atom stereocenters. The van der Waals surface area contributed by atoms with Crippen LogP contribution in [-0.4, -0.2) is 55.0 Å². The largest absolute Gasteiger partial charge is 0.475 e. The zero-order valence-corrected chi connectivity index (χ0v) is 11.3. The highest BCUT2D eigenvalue weighted by molar-refractivity contribution is 5.94. The molecular weight excluding hydrogens is 262 g/mol. The van der Waals surface area contributed by atoms with E-state index in [4.69, 9.17) is 9.47 Å². The molecule has 7 nitrogen and oxygen atoms in total. The summed E-state index contributed by atoms with van der Waals surface area (Å²) in [5.74, 6) is 0.311. The Morgan fingerprint density at radius 2 is 2.40 bits per heavy atom. The maximum absolute atomic E-state index is 11.9. The first-order valence-electron chi connectivity index (χ1n) is 6.49. The number of ether oxygens (including phenoxy) is 2. The molecule has 2 rings (SSSR count). The van der Waals surface area contributed by atoms with Crippen LogP contribution in [0.5, 0.6) is 5.88 Å². The first-order chi connectivity index (χ1) is 9.69. The second-order valence-corrected chi connectivity index (χ2v) is 4.57. The highest BCUT2D eigenvalue weighted by Gasteiger charge is 2.27. The number of hydrogen-bond donors (Lipinski definition) is 3. The van der Waals surface area contributed by atoms with Gasteiger partial charge in [-0.3, -0.25) is 4.79 Å². The number of nitrogens with zero attached hydrogens (tertiary/aromatic N) is 1. The standard InChI is InChI=1S/C13H19N3O4/c1-19-4-5-20-12-3-2-9(7-15-12)16-13(18)11-6-10(17)8-14-11/h2-3,7,10-11,14,17H,4-6,8H2,1H3,(H,16,18).